The number of imide groups is 1. The number of rotatable bonds is 5. The molecular formula is C24H30N4O3S. The predicted molar refractivity (Wildman–Crippen MR) is 123 cm³/mol. The Balaban J connectivity index is 1.13. The molecule has 8 heteroatoms. The average molecular weight is 455 g/mol. The van der Waals surface area contributed by atoms with E-state index in [-0.39, 0.29) is 48.6 Å². The van der Waals surface area contributed by atoms with Crippen LogP contribution in [0.2, 0.25) is 0 Å². The maximum Gasteiger partial charge on any atom is 0.233 e. The lowest BCUT2D eigenvalue weighted by molar-refractivity contribution is -0.141. The SMILES string of the molecule is CC(c1nc2ccccc2s1)N1CCN(C(=O)CCN2C(=O)C3CCCCC3C2=O)CC1. The van der Waals surface area contributed by atoms with Crippen molar-refractivity contribution < 1.29 is 14.4 Å². The third kappa shape index (κ3) is 3.94. The van der Waals surface area contributed by atoms with Gasteiger partial charge in [0.2, 0.25) is 17.7 Å². The summed E-state index contributed by atoms with van der Waals surface area (Å²) in [6.45, 7) is 5.34. The van der Waals surface area contributed by atoms with Gasteiger partial charge in [0.15, 0.2) is 0 Å². The molecule has 0 bridgehead atoms. The molecule has 3 atom stereocenters. The van der Waals surface area contributed by atoms with Crippen molar-refractivity contribution in [2.75, 3.05) is 32.7 Å². The number of thiazole rings is 1. The lowest BCUT2D eigenvalue weighted by Crippen LogP contribution is -2.49. The summed E-state index contributed by atoms with van der Waals surface area (Å²) in [5.41, 5.74) is 1.04. The summed E-state index contributed by atoms with van der Waals surface area (Å²) in [5.74, 6) is -0.352. The van der Waals surface area contributed by atoms with Crippen LogP contribution in [0.3, 0.4) is 0 Å². The van der Waals surface area contributed by atoms with Crippen LogP contribution in [-0.2, 0) is 14.4 Å². The zero-order valence-electron chi connectivity index (χ0n) is 18.5. The Morgan fingerprint density at radius 1 is 1.06 bits per heavy atom. The average Bonchev–Trinajstić information content (AvgIpc) is 3.37. The highest BCUT2D eigenvalue weighted by atomic mass is 32.1. The second-order valence-electron chi connectivity index (χ2n) is 9.19. The van der Waals surface area contributed by atoms with Crippen LogP contribution in [0.5, 0.6) is 0 Å². The highest BCUT2D eigenvalue weighted by Crippen LogP contribution is 2.38. The molecule has 1 aliphatic carbocycles. The van der Waals surface area contributed by atoms with Crippen LogP contribution >= 0.6 is 11.3 Å². The minimum Gasteiger partial charge on any atom is -0.340 e. The largest absolute Gasteiger partial charge is 0.340 e. The number of hydrogen-bond acceptors (Lipinski definition) is 6. The third-order valence-corrected chi connectivity index (χ3v) is 8.57. The Bertz CT molecular complexity index is 972. The number of piperazine rings is 1. The molecule has 2 saturated heterocycles. The summed E-state index contributed by atoms with van der Waals surface area (Å²) in [5, 5.41) is 1.11. The molecule has 3 aliphatic rings. The zero-order valence-corrected chi connectivity index (χ0v) is 19.4. The molecule has 5 rings (SSSR count). The van der Waals surface area contributed by atoms with Crippen molar-refractivity contribution in [2.45, 2.75) is 45.1 Å². The van der Waals surface area contributed by atoms with Crippen LogP contribution in [0.1, 0.15) is 50.1 Å². The van der Waals surface area contributed by atoms with E-state index < -0.39 is 0 Å². The highest BCUT2D eigenvalue weighted by molar-refractivity contribution is 7.18. The molecule has 3 unspecified atom stereocenters. The molecule has 0 N–H and O–H groups in total. The van der Waals surface area contributed by atoms with Gasteiger partial charge in [-0.25, -0.2) is 4.98 Å². The molecule has 0 radical (unpaired) electrons. The van der Waals surface area contributed by atoms with E-state index in [1.54, 1.807) is 11.3 Å². The second kappa shape index (κ2) is 8.90. The number of carbonyl (C=O) groups is 3. The molecule has 1 saturated carbocycles. The molecule has 7 nitrogen and oxygen atoms in total. The van der Waals surface area contributed by atoms with Gasteiger partial charge in [0.25, 0.3) is 0 Å². The Kier molecular flexibility index (Phi) is 5.99. The number of carbonyl (C=O) groups excluding carboxylic acids is 3. The summed E-state index contributed by atoms with van der Waals surface area (Å²) >= 11 is 1.73. The van der Waals surface area contributed by atoms with Crippen LogP contribution in [0.4, 0.5) is 0 Å². The molecular weight excluding hydrogens is 424 g/mol. The summed E-state index contributed by atoms with van der Waals surface area (Å²) in [6, 6.07) is 8.41. The fourth-order valence-electron chi connectivity index (χ4n) is 5.40. The third-order valence-electron chi connectivity index (χ3n) is 7.36. The molecule has 2 aliphatic heterocycles. The highest BCUT2D eigenvalue weighted by Gasteiger charge is 2.47. The first kappa shape index (κ1) is 21.5. The van der Waals surface area contributed by atoms with Crippen molar-refractivity contribution >= 4 is 39.3 Å². The fourth-order valence-corrected chi connectivity index (χ4v) is 6.45. The van der Waals surface area contributed by atoms with E-state index in [0.717, 1.165) is 49.3 Å². The summed E-state index contributed by atoms with van der Waals surface area (Å²) in [7, 11) is 0. The fraction of sp³-hybridized carbons (Fsp3) is 0.583. The van der Waals surface area contributed by atoms with E-state index >= 15 is 0 Å². The van der Waals surface area contributed by atoms with Crippen molar-refractivity contribution in [1.82, 2.24) is 19.7 Å². The van der Waals surface area contributed by atoms with Gasteiger partial charge >= 0.3 is 0 Å². The molecule has 3 heterocycles. The van der Waals surface area contributed by atoms with E-state index in [4.69, 9.17) is 4.98 Å². The van der Waals surface area contributed by atoms with Gasteiger partial charge in [-0.15, -0.1) is 11.3 Å². The number of benzene rings is 1. The van der Waals surface area contributed by atoms with E-state index in [1.807, 2.05) is 23.1 Å². The second-order valence-corrected chi connectivity index (χ2v) is 10.3. The van der Waals surface area contributed by atoms with Crippen LogP contribution in [0, 0.1) is 11.8 Å². The van der Waals surface area contributed by atoms with Crippen molar-refractivity contribution in [3.05, 3.63) is 29.3 Å². The standard InChI is InChI=1S/C24H30N4O3S/c1-16(22-25-19-8-4-5-9-20(19)32-22)26-12-14-27(15-13-26)21(29)10-11-28-23(30)17-6-2-3-7-18(17)24(28)31/h4-5,8-9,16-18H,2-3,6-7,10-15H2,1H3. The number of fused-ring (bicyclic) bond motifs is 2. The van der Waals surface area contributed by atoms with Gasteiger partial charge in [-0.3, -0.25) is 24.2 Å². The van der Waals surface area contributed by atoms with Crippen LogP contribution < -0.4 is 0 Å². The van der Waals surface area contributed by atoms with Gasteiger partial charge in [0.1, 0.15) is 5.01 Å². The minimum atomic E-state index is -0.140. The van der Waals surface area contributed by atoms with Crippen molar-refractivity contribution in [3.8, 4) is 0 Å². The van der Waals surface area contributed by atoms with Crippen molar-refractivity contribution in [1.29, 1.82) is 0 Å². The molecule has 1 aromatic heterocycles. The lowest BCUT2D eigenvalue weighted by Gasteiger charge is -2.37. The Hall–Kier alpha value is -2.32. The smallest absolute Gasteiger partial charge is 0.233 e. The van der Waals surface area contributed by atoms with Gasteiger partial charge in [0.05, 0.1) is 28.1 Å². The molecule has 3 amide bonds. The van der Waals surface area contributed by atoms with E-state index in [0.29, 0.717) is 13.1 Å². The summed E-state index contributed by atoms with van der Waals surface area (Å²) in [6.07, 6.45) is 3.90. The number of aromatic nitrogens is 1. The Labute approximate surface area is 192 Å². The molecule has 32 heavy (non-hydrogen) atoms. The van der Waals surface area contributed by atoms with Crippen LogP contribution in [0.15, 0.2) is 24.3 Å². The van der Waals surface area contributed by atoms with Gasteiger partial charge in [-0.2, -0.15) is 0 Å². The Morgan fingerprint density at radius 3 is 2.38 bits per heavy atom. The van der Waals surface area contributed by atoms with E-state index in [9.17, 15) is 14.4 Å². The van der Waals surface area contributed by atoms with Gasteiger partial charge < -0.3 is 4.90 Å². The van der Waals surface area contributed by atoms with Crippen LogP contribution in [0.25, 0.3) is 10.2 Å². The number of amides is 3. The van der Waals surface area contributed by atoms with Gasteiger partial charge in [-0.1, -0.05) is 25.0 Å². The molecule has 2 aromatic rings. The minimum absolute atomic E-state index is 0.0350. The molecule has 0 spiro atoms. The van der Waals surface area contributed by atoms with Gasteiger partial charge in [0, 0.05) is 39.1 Å². The first-order chi connectivity index (χ1) is 15.5. The molecule has 1 aromatic carbocycles. The van der Waals surface area contributed by atoms with E-state index in [1.165, 1.54) is 9.60 Å². The number of likely N-dealkylation sites (tertiary alicyclic amines) is 1. The normalized spacial score (nSPS) is 25.4. The van der Waals surface area contributed by atoms with Crippen LogP contribution in [-0.4, -0.2) is 70.1 Å². The quantitative estimate of drug-likeness (QED) is 0.649. The number of para-hydroxylation sites is 1. The molecule has 3 fully saturated rings. The number of nitrogens with zero attached hydrogens (tertiary/aromatic N) is 4. The lowest BCUT2D eigenvalue weighted by atomic mass is 9.81. The summed E-state index contributed by atoms with van der Waals surface area (Å²) < 4.78 is 1.20. The predicted octanol–water partition coefficient (Wildman–Crippen LogP) is 3.07. The van der Waals surface area contributed by atoms with Crippen molar-refractivity contribution in [2.24, 2.45) is 11.8 Å². The number of hydrogen-bond donors (Lipinski definition) is 0. The Morgan fingerprint density at radius 2 is 1.72 bits per heavy atom. The first-order valence-electron chi connectivity index (χ1n) is 11.8. The first-order valence-corrected chi connectivity index (χ1v) is 12.6. The maximum absolute atomic E-state index is 12.8. The maximum atomic E-state index is 12.8. The monoisotopic (exact) mass is 454 g/mol. The van der Waals surface area contributed by atoms with Gasteiger partial charge in [-0.05, 0) is 31.9 Å². The molecule has 170 valence electrons. The van der Waals surface area contributed by atoms with E-state index in [2.05, 4.69) is 17.9 Å². The topological polar surface area (TPSA) is 73.8 Å². The zero-order chi connectivity index (χ0) is 22.2. The van der Waals surface area contributed by atoms with Crippen molar-refractivity contribution in [3.63, 3.8) is 0 Å². The summed E-state index contributed by atoms with van der Waals surface area (Å²) in [4.78, 5) is 48.4.